The molecule has 2 aromatic carbocycles. The molecule has 0 aliphatic rings. The van der Waals surface area contributed by atoms with Gasteiger partial charge in [-0.1, -0.05) is 30.3 Å². The van der Waals surface area contributed by atoms with Crippen LogP contribution in [-0.2, 0) is 13.1 Å². The molecule has 168 valence electrons. The maximum Gasteiger partial charge on any atom is 0.191 e. The summed E-state index contributed by atoms with van der Waals surface area (Å²) in [6, 6.07) is 18.6. The van der Waals surface area contributed by atoms with Gasteiger partial charge in [0.1, 0.15) is 5.82 Å². The summed E-state index contributed by atoms with van der Waals surface area (Å²) >= 11 is 0. The summed E-state index contributed by atoms with van der Waals surface area (Å²) in [7, 11) is 1.79. The van der Waals surface area contributed by atoms with Gasteiger partial charge in [0, 0.05) is 32.4 Å². The molecule has 0 spiro atoms. The van der Waals surface area contributed by atoms with Crippen LogP contribution in [0.3, 0.4) is 0 Å². The Morgan fingerprint density at radius 1 is 1.00 bits per heavy atom. The molecule has 0 bridgehead atoms. The number of hydrogen-bond acceptors (Lipinski definition) is 3. The van der Waals surface area contributed by atoms with Gasteiger partial charge in [0.2, 0.25) is 0 Å². The molecular weight excluding hydrogens is 513 g/mol. The topological polar surface area (TPSA) is 72.1 Å². The molecule has 0 saturated carbocycles. The van der Waals surface area contributed by atoms with Crippen LogP contribution in [0.1, 0.15) is 22.8 Å². The molecule has 0 amide bonds. The van der Waals surface area contributed by atoms with Crippen LogP contribution in [0.25, 0.3) is 16.7 Å². The number of aryl methyl sites for hydroxylation is 3. The zero-order chi connectivity index (χ0) is 21.8. The van der Waals surface area contributed by atoms with E-state index in [4.69, 9.17) is 0 Å². The van der Waals surface area contributed by atoms with E-state index in [2.05, 4.69) is 67.5 Å². The second-order valence-corrected chi connectivity index (χ2v) is 7.62. The number of aromatic nitrogens is 4. The van der Waals surface area contributed by atoms with Crippen LogP contribution in [0.4, 0.5) is 0 Å². The molecule has 8 heteroatoms. The van der Waals surface area contributed by atoms with E-state index in [0.29, 0.717) is 6.54 Å². The second-order valence-electron chi connectivity index (χ2n) is 7.62. The number of rotatable bonds is 6. The van der Waals surface area contributed by atoms with E-state index in [-0.39, 0.29) is 24.0 Å². The first kappa shape index (κ1) is 23.8. The minimum Gasteiger partial charge on any atom is -0.355 e. The standard InChI is InChI=1S/C24H29N7.HI/c1-17-15-18(2)31(29-17)22-11-7-5-9-20(22)16-27-24(25-4)26-13-14-30-19(3)28-21-10-6-8-12-23(21)30;/h5-12,15H,13-14,16H2,1-4H3,(H2,25,26,27);1H. The average molecular weight is 543 g/mol. The van der Waals surface area contributed by atoms with Crippen LogP contribution in [0.2, 0.25) is 0 Å². The number of benzene rings is 2. The quantitative estimate of drug-likeness (QED) is 0.218. The first-order chi connectivity index (χ1) is 15.1. The molecule has 4 rings (SSSR count). The maximum absolute atomic E-state index is 4.64. The minimum absolute atomic E-state index is 0. The van der Waals surface area contributed by atoms with E-state index < -0.39 is 0 Å². The van der Waals surface area contributed by atoms with E-state index >= 15 is 0 Å². The van der Waals surface area contributed by atoms with Crippen molar-refractivity contribution in [2.24, 2.45) is 4.99 Å². The average Bonchev–Trinajstić information content (AvgIpc) is 3.28. The Bertz CT molecular complexity index is 1220. The summed E-state index contributed by atoms with van der Waals surface area (Å²) in [6.45, 7) is 8.35. The van der Waals surface area contributed by atoms with E-state index in [0.717, 1.165) is 58.5 Å². The van der Waals surface area contributed by atoms with Crippen molar-refractivity contribution in [3.05, 3.63) is 77.4 Å². The molecule has 0 fully saturated rings. The predicted octanol–water partition coefficient (Wildman–Crippen LogP) is 4.13. The number of imidazole rings is 1. The Morgan fingerprint density at radius 3 is 2.50 bits per heavy atom. The Hall–Kier alpha value is -2.88. The number of fused-ring (bicyclic) bond motifs is 1. The molecule has 0 atom stereocenters. The summed E-state index contributed by atoms with van der Waals surface area (Å²) in [5, 5.41) is 11.5. The molecule has 32 heavy (non-hydrogen) atoms. The second kappa shape index (κ2) is 10.6. The lowest BCUT2D eigenvalue weighted by atomic mass is 10.1. The molecule has 4 aromatic rings. The first-order valence-corrected chi connectivity index (χ1v) is 10.5. The van der Waals surface area contributed by atoms with Crippen LogP contribution < -0.4 is 10.6 Å². The maximum atomic E-state index is 4.64. The molecule has 0 aliphatic carbocycles. The van der Waals surface area contributed by atoms with Gasteiger partial charge in [0.05, 0.1) is 22.4 Å². The fourth-order valence-electron chi connectivity index (χ4n) is 3.90. The first-order valence-electron chi connectivity index (χ1n) is 10.5. The van der Waals surface area contributed by atoms with Crippen LogP contribution in [0, 0.1) is 20.8 Å². The predicted molar refractivity (Wildman–Crippen MR) is 141 cm³/mol. The Morgan fingerprint density at radius 2 is 1.75 bits per heavy atom. The fourth-order valence-corrected chi connectivity index (χ4v) is 3.90. The summed E-state index contributed by atoms with van der Waals surface area (Å²) in [5.74, 6) is 1.79. The lowest BCUT2D eigenvalue weighted by Gasteiger charge is -2.15. The number of aliphatic imine (C=N–C) groups is 1. The third kappa shape index (κ3) is 5.12. The molecular formula is C24H30IN7. The van der Waals surface area contributed by atoms with Crippen molar-refractivity contribution < 1.29 is 0 Å². The number of hydrogen-bond donors (Lipinski definition) is 2. The minimum atomic E-state index is 0. The lowest BCUT2D eigenvalue weighted by Crippen LogP contribution is -2.38. The molecule has 0 aliphatic heterocycles. The zero-order valence-electron chi connectivity index (χ0n) is 19.0. The third-order valence-electron chi connectivity index (χ3n) is 5.37. The van der Waals surface area contributed by atoms with E-state index in [1.54, 1.807) is 7.05 Å². The van der Waals surface area contributed by atoms with Gasteiger partial charge in [-0.25, -0.2) is 9.67 Å². The van der Waals surface area contributed by atoms with Crippen LogP contribution in [0.5, 0.6) is 0 Å². The van der Waals surface area contributed by atoms with Crippen molar-refractivity contribution in [1.82, 2.24) is 30.0 Å². The number of para-hydroxylation sites is 3. The molecule has 0 radical (unpaired) electrons. The van der Waals surface area contributed by atoms with Crippen molar-refractivity contribution >= 4 is 41.0 Å². The van der Waals surface area contributed by atoms with Crippen LogP contribution >= 0.6 is 24.0 Å². The summed E-state index contributed by atoms with van der Waals surface area (Å²) in [4.78, 5) is 9.01. The largest absolute Gasteiger partial charge is 0.355 e. The molecule has 2 heterocycles. The van der Waals surface area contributed by atoms with Crippen molar-refractivity contribution in [3.8, 4) is 5.69 Å². The highest BCUT2D eigenvalue weighted by Gasteiger charge is 2.10. The number of nitrogens with zero attached hydrogens (tertiary/aromatic N) is 5. The van der Waals surface area contributed by atoms with Gasteiger partial charge in [-0.3, -0.25) is 4.99 Å². The van der Waals surface area contributed by atoms with Gasteiger partial charge in [0.15, 0.2) is 5.96 Å². The van der Waals surface area contributed by atoms with Gasteiger partial charge >= 0.3 is 0 Å². The number of halogens is 1. The van der Waals surface area contributed by atoms with Crippen molar-refractivity contribution in [2.75, 3.05) is 13.6 Å². The Balaban J connectivity index is 0.00000289. The van der Waals surface area contributed by atoms with Crippen LogP contribution in [-0.4, -0.2) is 38.9 Å². The zero-order valence-corrected chi connectivity index (χ0v) is 21.3. The smallest absolute Gasteiger partial charge is 0.191 e. The lowest BCUT2D eigenvalue weighted by molar-refractivity contribution is 0.659. The number of guanidine groups is 1. The molecule has 7 nitrogen and oxygen atoms in total. The van der Waals surface area contributed by atoms with E-state index in [9.17, 15) is 0 Å². The van der Waals surface area contributed by atoms with Crippen molar-refractivity contribution in [2.45, 2.75) is 33.9 Å². The monoisotopic (exact) mass is 543 g/mol. The molecule has 0 unspecified atom stereocenters. The van der Waals surface area contributed by atoms with Gasteiger partial charge < -0.3 is 15.2 Å². The highest BCUT2D eigenvalue weighted by molar-refractivity contribution is 14.0. The SMILES string of the molecule is CN=C(NCCn1c(C)nc2ccccc21)NCc1ccccc1-n1nc(C)cc1C.I. The Labute approximate surface area is 206 Å². The Kier molecular flexibility index (Phi) is 7.89. The highest BCUT2D eigenvalue weighted by Crippen LogP contribution is 2.17. The van der Waals surface area contributed by atoms with Gasteiger partial charge in [-0.15, -0.1) is 24.0 Å². The van der Waals surface area contributed by atoms with Gasteiger partial charge in [-0.2, -0.15) is 5.10 Å². The van der Waals surface area contributed by atoms with Gasteiger partial charge in [-0.05, 0) is 50.6 Å². The van der Waals surface area contributed by atoms with Crippen molar-refractivity contribution in [3.63, 3.8) is 0 Å². The molecule has 2 N–H and O–H groups in total. The molecule has 0 saturated heterocycles. The summed E-state index contributed by atoms with van der Waals surface area (Å²) in [6.07, 6.45) is 0. The number of nitrogens with one attached hydrogen (secondary N) is 2. The summed E-state index contributed by atoms with van der Waals surface area (Å²) in [5.41, 5.74) is 6.56. The van der Waals surface area contributed by atoms with Crippen LogP contribution in [0.15, 0.2) is 59.6 Å². The van der Waals surface area contributed by atoms with Crippen molar-refractivity contribution in [1.29, 1.82) is 0 Å². The van der Waals surface area contributed by atoms with Gasteiger partial charge in [0.25, 0.3) is 0 Å². The molecule has 2 aromatic heterocycles. The third-order valence-corrected chi connectivity index (χ3v) is 5.37. The van der Waals surface area contributed by atoms with E-state index in [1.807, 2.05) is 42.8 Å². The fraction of sp³-hybridized carbons (Fsp3) is 0.292. The highest BCUT2D eigenvalue weighted by atomic mass is 127. The summed E-state index contributed by atoms with van der Waals surface area (Å²) < 4.78 is 4.23. The normalized spacial score (nSPS) is 11.4. The van der Waals surface area contributed by atoms with E-state index in [1.165, 1.54) is 0 Å².